The first-order valence-corrected chi connectivity index (χ1v) is 8.73. The van der Waals surface area contributed by atoms with Gasteiger partial charge in [-0.15, -0.1) is 0 Å². The van der Waals surface area contributed by atoms with Crippen LogP contribution in [0.5, 0.6) is 0 Å². The van der Waals surface area contributed by atoms with Crippen molar-refractivity contribution in [2.45, 2.75) is 89.9 Å². The maximum absolute atomic E-state index is 6.08. The van der Waals surface area contributed by atoms with Crippen molar-refractivity contribution in [2.24, 2.45) is 5.92 Å². The second-order valence-corrected chi connectivity index (χ2v) is 7.46. The molecule has 0 spiro atoms. The molecule has 1 rings (SSSR count). The van der Waals surface area contributed by atoms with Gasteiger partial charge in [-0.1, -0.05) is 13.8 Å². The largest absolute Gasteiger partial charge is 0.379 e. The molecule has 0 aromatic heterocycles. The highest BCUT2D eigenvalue weighted by Crippen LogP contribution is 2.38. The lowest BCUT2D eigenvalue weighted by atomic mass is 9.73. The van der Waals surface area contributed by atoms with Crippen LogP contribution in [0.15, 0.2) is 0 Å². The molecule has 0 aromatic rings. The highest BCUT2D eigenvalue weighted by atomic mass is 16.5. The van der Waals surface area contributed by atoms with E-state index in [0.717, 1.165) is 25.3 Å². The normalized spacial score (nSPS) is 28.6. The smallest absolute Gasteiger partial charge is 0.0831 e. The number of ether oxygens (including phenoxy) is 2. The fourth-order valence-corrected chi connectivity index (χ4v) is 3.41. The summed E-state index contributed by atoms with van der Waals surface area (Å²) < 4.78 is 11.7. The molecule has 0 aromatic carbocycles. The number of rotatable bonds is 9. The molecule has 0 radical (unpaired) electrons. The fourth-order valence-electron chi connectivity index (χ4n) is 3.41. The van der Waals surface area contributed by atoms with Crippen molar-refractivity contribution >= 4 is 0 Å². The Morgan fingerprint density at radius 3 is 2.33 bits per heavy atom. The minimum atomic E-state index is -0.0525. The zero-order chi connectivity index (χ0) is 15.9. The lowest BCUT2D eigenvalue weighted by Crippen LogP contribution is -2.54. The average molecular weight is 299 g/mol. The van der Waals surface area contributed by atoms with Crippen LogP contribution in [0.2, 0.25) is 0 Å². The van der Waals surface area contributed by atoms with Crippen molar-refractivity contribution in [1.29, 1.82) is 0 Å². The third-order valence-electron chi connectivity index (χ3n) is 5.39. The van der Waals surface area contributed by atoms with Crippen LogP contribution in [0.1, 0.15) is 72.6 Å². The molecule has 1 saturated carbocycles. The quantitative estimate of drug-likeness (QED) is 0.693. The van der Waals surface area contributed by atoms with Gasteiger partial charge in [0.1, 0.15) is 0 Å². The molecule has 3 heteroatoms. The molecule has 21 heavy (non-hydrogen) atoms. The third kappa shape index (κ3) is 5.54. The second kappa shape index (κ2) is 8.50. The number of hydrogen-bond acceptors (Lipinski definition) is 3. The number of nitrogens with one attached hydrogen (secondary N) is 1. The van der Waals surface area contributed by atoms with Crippen LogP contribution in [0.4, 0.5) is 0 Å². The Hall–Kier alpha value is -0.120. The molecule has 1 unspecified atom stereocenters. The zero-order valence-corrected chi connectivity index (χ0v) is 15.1. The van der Waals surface area contributed by atoms with Gasteiger partial charge in [-0.3, -0.25) is 0 Å². The van der Waals surface area contributed by atoms with Gasteiger partial charge in [-0.2, -0.15) is 0 Å². The molecule has 126 valence electrons. The van der Waals surface area contributed by atoms with Crippen LogP contribution in [-0.4, -0.2) is 38.0 Å². The van der Waals surface area contributed by atoms with Crippen molar-refractivity contribution in [3.8, 4) is 0 Å². The standard InChI is InChI=1S/C18H37NO2/c1-7-14-19-16(10-11-17(3,4)20-5)18(21-6)12-8-15(2)9-13-18/h15-16,19H,7-14H2,1-6H3. The Morgan fingerprint density at radius 1 is 1.24 bits per heavy atom. The predicted octanol–water partition coefficient (Wildman–Crippen LogP) is 4.16. The summed E-state index contributed by atoms with van der Waals surface area (Å²) in [5.74, 6) is 0.843. The summed E-state index contributed by atoms with van der Waals surface area (Å²) in [5.41, 5.74) is -0.0332. The molecule has 1 fully saturated rings. The van der Waals surface area contributed by atoms with E-state index in [4.69, 9.17) is 9.47 Å². The number of hydrogen-bond donors (Lipinski definition) is 1. The molecular formula is C18H37NO2. The summed E-state index contributed by atoms with van der Waals surface area (Å²) in [4.78, 5) is 0. The average Bonchev–Trinajstić information content (AvgIpc) is 2.49. The van der Waals surface area contributed by atoms with Gasteiger partial charge in [0, 0.05) is 20.3 Å². The van der Waals surface area contributed by atoms with Gasteiger partial charge in [0.05, 0.1) is 11.2 Å². The van der Waals surface area contributed by atoms with Gasteiger partial charge in [-0.05, 0) is 71.3 Å². The first kappa shape index (κ1) is 18.9. The van der Waals surface area contributed by atoms with E-state index in [1.807, 2.05) is 14.2 Å². The maximum atomic E-state index is 6.08. The van der Waals surface area contributed by atoms with Gasteiger partial charge in [0.15, 0.2) is 0 Å². The summed E-state index contributed by atoms with van der Waals surface area (Å²) in [6.07, 6.45) is 8.27. The number of methoxy groups -OCH3 is 2. The Kier molecular flexibility index (Phi) is 7.66. The van der Waals surface area contributed by atoms with Crippen molar-refractivity contribution in [3.05, 3.63) is 0 Å². The fraction of sp³-hybridized carbons (Fsp3) is 1.00. The van der Waals surface area contributed by atoms with Crippen LogP contribution in [-0.2, 0) is 9.47 Å². The monoisotopic (exact) mass is 299 g/mol. The Balaban J connectivity index is 2.73. The van der Waals surface area contributed by atoms with E-state index in [1.54, 1.807) is 0 Å². The topological polar surface area (TPSA) is 30.5 Å². The third-order valence-corrected chi connectivity index (χ3v) is 5.39. The molecule has 0 aliphatic heterocycles. The van der Waals surface area contributed by atoms with Crippen molar-refractivity contribution in [1.82, 2.24) is 5.32 Å². The highest BCUT2D eigenvalue weighted by Gasteiger charge is 2.41. The summed E-state index contributed by atoms with van der Waals surface area (Å²) in [6.45, 7) is 10.0. The van der Waals surface area contributed by atoms with Gasteiger partial charge < -0.3 is 14.8 Å². The Labute approximate surface area is 132 Å². The summed E-state index contributed by atoms with van der Waals surface area (Å²) in [7, 11) is 3.71. The molecule has 1 atom stereocenters. The Bertz CT molecular complexity index is 283. The van der Waals surface area contributed by atoms with Crippen LogP contribution in [0, 0.1) is 5.92 Å². The highest BCUT2D eigenvalue weighted by molar-refractivity contribution is 4.97. The summed E-state index contributed by atoms with van der Waals surface area (Å²) in [5, 5.41) is 3.76. The van der Waals surface area contributed by atoms with Crippen LogP contribution >= 0.6 is 0 Å². The van der Waals surface area contributed by atoms with Crippen LogP contribution < -0.4 is 5.32 Å². The van der Waals surface area contributed by atoms with Gasteiger partial charge in [0.2, 0.25) is 0 Å². The first-order chi connectivity index (χ1) is 9.89. The van der Waals surface area contributed by atoms with Crippen LogP contribution in [0.25, 0.3) is 0 Å². The van der Waals surface area contributed by atoms with E-state index in [1.165, 1.54) is 32.1 Å². The van der Waals surface area contributed by atoms with Gasteiger partial charge in [0.25, 0.3) is 0 Å². The van der Waals surface area contributed by atoms with Crippen molar-refractivity contribution in [2.75, 3.05) is 20.8 Å². The SMILES string of the molecule is CCCNC(CCC(C)(C)OC)C1(OC)CCC(C)CC1. The van der Waals surface area contributed by atoms with E-state index in [9.17, 15) is 0 Å². The van der Waals surface area contributed by atoms with E-state index in [0.29, 0.717) is 6.04 Å². The van der Waals surface area contributed by atoms with E-state index < -0.39 is 0 Å². The lowest BCUT2D eigenvalue weighted by Gasteiger charge is -2.45. The van der Waals surface area contributed by atoms with Crippen molar-refractivity contribution in [3.63, 3.8) is 0 Å². The predicted molar refractivity (Wildman–Crippen MR) is 89.8 cm³/mol. The molecule has 1 aliphatic rings. The van der Waals surface area contributed by atoms with Gasteiger partial charge >= 0.3 is 0 Å². The zero-order valence-electron chi connectivity index (χ0n) is 15.1. The van der Waals surface area contributed by atoms with E-state index in [2.05, 4.69) is 33.0 Å². The van der Waals surface area contributed by atoms with E-state index >= 15 is 0 Å². The lowest BCUT2D eigenvalue weighted by molar-refractivity contribution is -0.0821. The van der Waals surface area contributed by atoms with E-state index in [-0.39, 0.29) is 11.2 Å². The molecule has 3 nitrogen and oxygen atoms in total. The summed E-state index contributed by atoms with van der Waals surface area (Å²) in [6, 6.07) is 0.435. The minimum absolute atomic E-state index is 0.0193. The second-order valence-electron chi connectivity index (χ2n) is 7.46. The van der Waals surface area contributed by atoms with Crippen LogP contribution in [0.3, 0.4) is 0 Å². The molecular weight excluding hydrogens is 262 g/mol. The molecule has 0 saturated heterocycles. The Morgan fingerprint density at radius 2 is 1.86 bits per heavy atom. The minimum Gasteiger partial charge on any atom is -0.379 e. The maximum Gasteiger partial charge on any atom is 0.0831 e. The molecule has 0 bridgehead atoms. The summed E-state index contributed by atoms with van der Waals surface area (Å²) >= 11 is 0. The first-order valence-electron chi connectivity index (χ1n) is 8.73. The molecule has 0 amide bonds. The van der Waals surface area contributed by atoms with Crippen molar-refractivity contribution < 1.29 is 9.47 Å². The molecule has 0 heterocycles. The van der Waals surface area contributed by atoms with Gasteiger partial charge in [-0.25, -0.2) is 0 Å². The molecule has 1 N–H and O–H groups in total. The molecule has 1 aliphatic carbocycles.